The molecule has 148 valence electrons. The van der Waals surface area contributed by atoms with E-state index < -0.39 is 0 Å². The average Bonchev–Trinajstić information content (AvgIpc) is 3.00. The molecule has 0 aliphatic rings. The molecule has 29 heavy (non-hydrogen) atoms. The minimum Gasteiger partial charge on any atom is -0.462 e. The zero-order valence-electron chi connectivity index (χ0n) is 16.8. The van der Waals surface area contributed by atoms with Crippen molar-refractivity contribution in [2.75, 3.05) is 13.7 Å². The molecule has 1 heterocycles. The Bertz CT molecular complexity index is 1230. The molecular formula is C24H23ClN2O2. The number of fused-ring (bicyclic) bond motifs is 2. The van der Waals surface area contributed by atoms with E-state index in [1.807, 2.05) is 51.4 Å². The monoisotopic (exact) mass is 406 g/mol. The number of nitrogens with one attached hydrogen (secondary N) is 1. The van der Waals surface area contributed by atoms with Gasteiger partial charge in [0.25, 0.3) is 0 Å². The number of rotatable bonds is 5. The quantitative estimate of drug-likeness (QED) is 0.442. The summed E-state index contributed by atoms with van der Waals surface area (Å²) in [6.07, 6.45) is 0. The first-order valence-corrected chi connectivity index (χ1v) is 10.0. The van der Waals surface area contributed by atoms with Crippen molar-refractivity contribution in [1.29, 1.82) is 0 Å². The summed E-state index contributed by atoms with van der Waals surface area (Å²) < 4.78 is 7.40. The first-order chi connectivity index (χ1) is 14.1. The van der Waals surface area contributed by atoms with E-state index in [-0.39, 0.29) is 5.97 Å². The average molecular weight is 407 g/mol. The van der Waals surface area contributed by atoms with Crippen molar-refractivity contribution in [2.45, 2.75) is 13.5 Å². The second kappa shape index (κ2) is 7.90. The molecule has 0 saturated heterocycles. The number of carbonyl (C=O) groups is 1. The largest absolute Gasteiger partial charge is 0.462 e. The molecule has 0 spiro atoms. The van der Waals surface area contributed by atoms with Gasteiger partial charge in [-0.05, 0) is 42.6 Å². The number of benzene rings is 3. The topological polar surface area (TPSA) is 43.3 Å². The van der Waals surface area contributed by atoms with Gasteiger partial charge in [0, 0.05) is 40.6 Å². The van der Waals surface area contributed by atoms with Crippen LogP contribution < -0.4 is 5.32 Å². The van der Waals surface area contributed by atoms with E-state index in [4.69, 9.17) is 16.3 Å². The minimum atomic E-state index is -0.284. The van der Waals surface area contributed by atoms with Gasteiger partial charge in [-0.1, -0.05) is 54.1 Å². The summed E-state index contributed by atoms with van der Waals surface area (Å²) in [5.41, 5.74) is 4.73. The van der Waals surface area contributed by atoms with Crippen molar-refractivity contribution in [3.63, 3.8) is 0 Å². The predicted octanol–water partition coefficient (Wildman–Crippen LogP) is 5.55. The van der Waals surface area contributed by atoms with Crippen LogP contribution in [0.3, 0.4) is 0 Å². The lowest BCUT2D eigenvalue weighted by Gasteiger charge is -2.09. The van der Waals surface area contributed by atoms with Gasteiger partial charge in [0.05, 0.1) is 12.2 Å². The van der Waals surface area contributed by atoms with Gasteiger partial charge in [0.15, 0.2) is 0 Å². The highest BCUT2D eigenvalue weighted by molar-refractivity contribution is 6.35. The number of nitrogens with zero attached hydrogens (tertiary/aromatic N) is 1. The van der Waals surface area contributed by atoms with E-state index >= 15 is 0 Å². The highest BCUT2D eigenvalue weighted by atomic mass is 35.5. The van der Waals surface area contributed by atoms with E-state index in [0.717, 1.165) is 43.5 Å². The summed E-state index contributed by atoms with van der Waals surface area (Å²) in [6, 6.07) is 18.3. The Morgan fingerprint density at radius 1 is 1.07 bits per heavy atom. The standard InChI is InChI=1S/C24H23ClN2O2/c1-4-29-24(28)23-19-12-11-15(13-21(19)27(3)22(23)14-26-2)16-7-5-9-18-17(16)8-6-10-20(18)25/h5-13,26H,4,14H2,1-3H3. The lowest BCUT2D eigenvalue weighted by atomic mass is 9.97. The van der Waals surface area contributed by atoms with Crippen molar-refractivity contribution >= 4 is 39.2 Å². The first kappa shape index (κ1) is 19.5. The lowest BCUT2D eigenvalue weighted by molar-refractivity contribution is 0.0527. The van der Waals surface area contributed by atoms with Crippen LogP contribution in [0.2, 0.25) is 5.02 Å². The number of halogens is 1. The third-order valence-corrected chi connectivity index (χ3v) is 5.66. The Balaban J connectivity index is 1.95. The normalized spacial score (nSPS) is 11.3. The van der Waals surface area contributed by atoms with Crippen molar-refractivity contribution < 1.29 is 9.53 Å². The SMILES string of the molecule is CCOC(=O)c1c(CNC)n(C)c2cc(-c3cccc4c(Cl)cccc34)ccc12. The van der Waals surface area contributed by atoms with Gasteiger partial charge in [-0.25, -0.2) is 4.79 Å². The summed E-state index contributed by atoms with van der Waals surface area (Å²) in [4.78, 5) is 12.7. The van der Waals surface area contributed by atoms with Gasteiger partial charge in [-0.2, -0.15) is 0 Å². The molecule has 1 N–H and O–H groups in total. The van der Waals surface area contributed by atoms with Crippen LogP contribution in [0.5, 0.6) is 0 Å². The fraction of sp³-hybridized carbons (Fsp3) is 0.208. The van der Waals surface area contributed by atoms with Crippen molar-refractivity contribution in [1.82, 2.24) is 9.88 Å². The fourth-order valence-electron chi connectivity index (χ4n) is 3.99. The molecule has 3 aromatic carbocycles. The summed E-state index contributed by atoms with van der Waals surface area (Å²) in [5, 5.41) is 6.93. The second-order valence-corrected chi connectivity index (χ2v) is 7.41. The van der Waals surface area contributed by atoms with Crippen LogP contribution in [-0.4, -0.2) is 24.2 Å². The molecule has 1 aromatic heterocycles. The molecule has 5 heteroatoms. The Labute approximate surface area is 175 Å². The second-order valence-electron chi connectivity index (χ2n) is 7.00. The fourth-order valence-corrected chi connectivity index (χ4v) is 4.22. The van der Waals surface area contributed by atoms with E-state index in [9.17, 15) is 4.79 Å². The molecule has 0 fully saturated rings. The molecule has 0 saturated carbocycles. The zero-order valence-corrected chi connectivity index (χ0v) is 17.5. The molecule has 4 nitrogen and oxygen atoms in total. The highest BCUT2D eigenvalue weighted by Crippen LogP contribution is 2.35. The summed E-state index contributed by atoms with van der Waals surface area (Å²) in [5.74, 6) is -0.284. The van der Waals surface area contributed by atoms with Gasteiger partial charge in [-0.15, -0.1) is 0 Å². The van der Waals surface area contributed by atoms with E-state index in [1.54, 1.807) is 0 Å². The molecular weight excluding hydrogens is 384 g/mol. The molecule has 0 amide bonds. The molecule has 0 aliphatic carbocycles. The van der Waals surface area contributed by atoms with Gasteiger partial charge in [-0.3, -0.25) is 0 Å². The smallest absolute Gasteiger partial charge is 0.340 e. The van der Waals surface area contributed by atoms with Crippen LogP contribution in [-0.2, 0) is 18.3 Å². The van der Waals surface area contributed by atoms with Crippen molar-refractivity contribution in [2.24, 2.45) is 7.05 Å². The Morgan fingerprint density at radius 3 is 2.59 bits per heavy atom. The molecule has 4 rings (SSSR count). The van der Waals surface area contributed by atoms with Crippen LogP contribution in [0.25, 0.3) is 32.8 Å². The number of hydrogen-bond donors (Lipinski definition) is 1. The zero-order chi connectivity index (χ0) is 20.5. The maximum atomic E-state index is 12.7. The van der Waals surface area contributed by atoms with Crippen LogP contribution in [0.1, 0.15) is 23.0 Å². The lowest BCUT2D eigenvalue weighted by Crippen LogP contribution is -2.14. The summed E-state index contributed by atoms with van der Waals surface area (Å²) in [6.45, 7) is 2.76. The third kappa shape index (κ3) is 3.28. The number of carbonyl (C=O) groups excluding carboxylic acids is 1. The molecule has 4 aromatic rings. The number of aryl methyl sites for hydroxylation is 1. The highest BCUT2D eigenvalue weighted by Gasteiger charge is 2.22. The van der Waals surface area contributed by atoms with E-state index in [0.29, 0.717) is 18.7 Å². The van der Waals surface area contributed by atoms with Gasteiger partial charge < -0.3 is 14.6 Å². The minimum absolute atomic E-state index is 0.284. The Morgan fingerprint density at radius 2 is 1.83 bits per heavy atom. The molecule has 0 aliphatic heterocycles. The number of aromatic nitrogens is 1. The van der Waals surface area contributed by atoms with Crippen molar-refractivity contribution in [3.8, 4) is 11.1 Å². The van der Waals surface area contributed by atoms with Crippen LogP contribution in [0, 0.1) is 0 Å². The Hall–Kier alpha value is -2.82. The van der Waals surface area contributed by atoms with Gasteiger partial charge in [0.2, 0.25) is 0 Å². The number of ether oxygens (including phenoxy) is 1. The maximum Gasteiger partial charge on any atom is 0.340 e. The van der Waals surface area contributed by atoms with E-state index in [1.165, 1.54) is 0 Å². The maximum absolute atomic E-state index is 12.7. The van der Waals surface area contributed by atoms with Crippen molar-refractivity contribution in [3.05, 3.63) is 70.9 Å². The van der Waals surface area contributed by atoms with E-state index in [2.05, 4.69) is 34.1 Å². The number of esters is 1. The summed E-state index contributed by atoms with van der Waals surface area (Å²) >= 11 is 6.40. The van der Waals surface area contributed by atoms with Gasteiger partial charge in [0.1, 0.15) is 0 Å². The first-order valence-electron chi connectivity index (χ1n) is 9.67. The Kier molecular flexibility index (Phi) is 5.31. The van der Waals surface area contributed by atoms with Crippen LogP contribution in [0.4, 0.5) is 0 Å². The summed E-state index contributed by atoms with van der Waals surface area (Å²) in [7, 11) is 3.86. The molecule has 0 atom stereocenters. The van der Waals surface area contributed by atoms with Gasteiger partial charge >= 0.3 is 5.97 Å². The predicted molar refractivity (Wildman–Crippen MR) is 120 cm³/mol. The van der Waals surface area contributed by atoms with Crippen LogP contribution >= 0.6 is 11.6 Å². The molecule has 0 unspecified atom stereocenters. The molecule has 0 radical (unpaired) electrons. The third-order valence-electron chi connectivity index (χ3n) is 5.33. The molecule has 0 bridgehead atoms. The van der Waals surface area contributed by atoms with Crippen LogP contribution in [0.15, 0.2) is 54.6 Å². The number of hydrogen-bond acceptors (Lipinski definition) is 3.